The molecule has 5 aromatic rings. The van der Waals surface area contributed by atoms with Gasteiger partial charge in [0.05, 0.1) is 5.69 Å². The van der Waals surface area contributed by atoms with Crippen molar-refractivity contribution >= 4 is 17.7 Å². The fourth-order valence-electron chi connectivity index (χ4n) is 4.57. The van der Waals surface area contributed by atoms with Crippen molar-refractivity contribution in [2.24, 2.45) is 0 Å². The number of hydrogen-bond donors (Lipinski definition) is 1. The molecule has 6 rings (SSSR count). The molecule has 0 atom stereocenters. The molecule has 1 aliphatic heterocycles. The maximum atomic E-state index is 13.5. The van der Waals surface area contributed by atoms with Crippen LogP contribution in [-0.4, -0.2) is 49.3 Å². The molecule has 1 amide bonds. The van der Waals surface area contributed by atoms with Crippen molar-refractivity contribution in [2.75, 3.05) is 18.4 Å². The number of nitrogens with one attached hydrogen (secondary N) is 1. The van der Waals surface area contributed by atoms with E-state index in [2.05, 4.69) is 15.3 Å². The number of benzene rings is 2. The van der Waals surface area contributed by atoms with Crippen LogP contribution < -0.4 is 5.32 Å². The fourth-order valence-corrected chi connectivity index (χ4v) is 4.57. The van der Waals surface area contributed by atoms with Crippen LogP contribution >= 0.6 is 0 Å². The number of piperidine rings is 1. The normalized spacial score (nSPS) is 14.3. The minimum atomic E-state index is -0.312. The highest BCUT2D eigenvalue weighted by Crippen LogP contribution is 2.32. The van der Waals surface area contributed by atoms with E-state index in [9.17, 15) is 9.18 Å². The van der Waals surface area contributed by atoms with Crippen LogP contribution in [0.25, 0.3) is 28.5 Å². The van der Waals surface area contributed by atoms with E-state index in [0.29, 0.717) is 41.8 Å². The first kappa shape index (κ1) is 22.0. The van der Waals surface area contributed by atoms with Crippen LogP contribution in [0.3, 0.4) is 0 Å². The van der Waals surface area contributed by atoms with Gasteiger partial charge in [0.2, 0.25) is 5.95 Å². The maximum absolute atomic E-state index is 13.5. The van der Waals surface area contributed by atoms with Gasteiger partial charge in [-0.05, 0) is 55.3 Å². The predicted molar refractivity (Wildman–Crippen MR) is 133 cm³/mol. The van der Waals surface area contributed by atoms with Gasteiger partial charge in [0.25, 0.3) is 5.91 Å². The van der Waals surface area contributed by atoms with E-state index in [1.54, 1.807) is 30.8 Å². The zero-order valence-electron chi connectivity index (χ0n) is 19.3. The first-order valence-corrected chi connectivity index (χ1v) is 11.8. The number of nitrogens with zero attached hydrogens (tertiary/aromatic N) is 5. The number of fused-ring (bicyclic) bond motifs is 1. The van der Waals surface area contributed by atoms with Crippen molar-refractivity contribution in [3.63, 3.8) is 0 Å². The summed E-state index contributed by atoms with van der Waals surface area (Å²) in [6.07, 6.45) is 6.63. The van der Waals surface area contributed by atoms with Gasteiger partial charge >= 0.3 is 5.84 Å². The summed E-state index contributed by atoms with van der Waals surface area (Å²) in [4.78, 5) is 28.4. The van der Waals surface area contributed by atoms with Crippen LogP contribution in [-0.2, 0) is 0 Å². The number of imidazole rings is 1. The van der Waals surface area contributed by atoms with Crippen LogP contribution in [0.2, 0.25) is 0 Å². The Balaban J connectivity index is 1.21. The standard InChI is InChI=1S/C27H23FN6O2/c28-20-8-6-18(7-9-20)23-24(34-16-17-36-27(34)32-23)22-10-13-29-26(31-22)30-21-11-14-33(15-12-21)25(35)19-4-2-1-3-5-19/h1-10,13,16-17,21H,11-12,14-15H2,(H,29,30,31). The minimum Gasteiger partial charge on any atom is -0.432 e. The number of rotatable bonds is 5. The summed E-state index contributed by atoms with van der Waals surface area (Å²) in [7, 11) is 0. The predicted octanol–water partition coefficient (Wildman–Crippen LogP) is 4.91. The molecule has 180 valence electrons. The Morgan fingerprint density at radius 3 is 2.56 bits per heavy atom. The highest BCUT2D eigenvalue weighted by atomic mass is 19.1. The van der Waals surface area contributed by atoms with Crippen LogP contribution in [0, 0.1) is 5.82 Å². The molecular weight excluding hydrogens is 459 g/mol. The first-order chi connectivity index (χ1) is 17.7. The van der Waals surface area contributed by atoms with Crippen molar-refractivity contribution in [2.45, 2.75) is 18.9 Å². The van der Waals surface area contributed by atoms with E-state index in [1.165, 1.54) is 12.1 Å². The molecule has 1 N–H and O–H groups in total. The zero-order chi connectivity index (χ0) is 24.5. The van der Waals surface area contributed by atoms with E-state index in [1.807, 2.05) is 45.7 Å². The van der Waals surface area contributed by atoms with Crippen LogP contribution in [0.15, 0.2) is 83.7 Å². The number of amides is 1. The van der Waals surface area contributed by atoms with Gasteiger partial charge in [-0.15, -0.1) is 0 Å². The summed E-state index contributed by atoms with van der Waals surface area (Å²) in [6, 6.07) is 17.5. The molecule has 0 radical (unpaired) electrons. The lowest BCUT2D eigenvalue weighted by atomic mass is 10.0. The number of likely N-dealkylation sites (tertiary alicyclic amines) is 1. The lowest BCUT2D eigenvalue weighted by Gasteiger charge is -2.32. The van der Waals surface area contributed by atoms with Crippen molar-refractivity contribution in [3.05, 3.63) is 90.7 Å². The molecule has 0 bridgehead atoms. The van der Waals surface area contributed by atoms with E-state index in [0.717, 1.165) is 24.1 Å². The van der Waals surface area contributed by atoms with Gasteiger partial charge < -0.3 is 14.6 Å². The Kier molecular flexibility index (Phi) is 5.65. The average molecular weight is 483 g/mol. The third-order valence-electron chi connectivity index (χ3n) is 6.41. The topological polar surface area (TPSA) is 88.6 Å². The van der Waals surface area contributed by atoms with E-state index >= 15 is 0 Å². The van der Waals surface area contributed by atoms with E-state index < -0.39 is 0 Å². The number of halogens is 1. The van der Waals surface area contributed by atoms with Crippen molar-refractivity contribution in [1.29, 1.82) is 0 Å². The second kappa shape index (κ2) is 9.26. The molecule has 8 nitrogen and oxygen atoms in total. The highest BCUT2D eigenvalue weighted by molar-refractivity contribution is 5.94. The number of aromatic nitrogens is 4. The average Bonchev–Trinajstić information content (AvgIpc) is 3.52. The Labute approximate surface area is 206 Å². The Hall–Kier alpha value is -4.53. The molecule has 0 spiro atoms. The minimum absolute atomic E-state index is 0.0606. The summed E-state index contributed by atoms with van der Waals surface area (Å²) in [5, 5.41) is 3.43. The van der Waals surface area contributed by atoms with Crippen LogP contribution in [0.5, 0.6) is 0 Å². The van der Waals surface area contributed by atoms with Gasteiger partial charge in [-0.25, -0.2) is 14.4 Å². The fraction of sp³-hybridized carbons (Fsp3) is 0.185. The Morgan fingerprint density at radius 2 is 1.78 bits per heavy atom. The quantitative estimate of drug-likeness (QED) is 0.383. The molecule has 0 unspecified atom stereocenters. The van der Waals surface area contributed by atoms with Crippen LogP contribution in [0.1, 0.15) is 23.2 Å². The van der Waals surface area contributed by atoms with Gasteiger partial charge in [0, 0.05) is 42.7 Å². The second-order valence-corrected chi connectivity index (χ2v) is 8.71. The summed E-state index contributed by atoms with van der Waals surface area (Å²) >= 11 is 0. The number of carbonyl (C=O) groups is 1. The largest absolute Gasteiger partial charge is 0.432 e. The molecule has 0 saturated carbocycles. The zero-order valence-corrected chi connectivity index (χ0v) is 19.3. The van der Waals surface area contributed by atoms with Crippen LogP contribution in [0.4, 0.5) is 10.3 Å². The van der Waals surface area contributed by atoms with Gasteiger partial charge in [-0.1, -0.05) is 18.2 Å². The van der Waals surface area contributed by atoms with Gasteiger partial charge in [0.1, 0.15) is 23.5 Å². The molecule has 2 aromatic carbocycles. The number of anilines is 1. The lowest BCUT2D eigenvalue weighted by Crippen LogP contribution is -2.42. The Bertz CT molecular complexity index is 1500. The van der Waals surface area contributed by atoms with E-state index in [-0.39, 0.29) is 17.8 Å². The Morgan fingerprint density at radius 1 is 1.00 bits per heavy atom. The SMILES string of the molecule is O=C(c1ccccc1)N1CCC(Nc2nccc(-c3c(-c4ccc(F)cc4)nc4occn34)n2)CC1. The maximum Gasteiger partial charge on any atom is 0.306 e. The highest BCUT2D eigenvalue weighted by Gasteiger charge is 2.25. The second-order valence-electron chi connectivity index (χ2n) is 8.71. The molecule has 3 aromatic heterocycles. The first-order valence-electron chi connectivity index (χ1n) is 11.8. The number of oxazole rings is 1. The van der Waals surface area contributed by atoms with Crippen molar-refractivity contribution in [1.82, 2.24) is 24.3 Å². The number of hydrogen-bond acceptors (Lipinski definition) is 6. The summed E-state index contributed by atoms with van der Waals surface area (Å²) in [6.45, 7) is 1.33. The van der Waals surface area contributed by atoms with E-state index in [4.69, 9.17) is 9.40 Å². The summed E-state index contributed by atoms with van der Waals surface area (Å²) in [5.41, 5.74) is 3.51. The van der Waals surface area contributed by atoms with Gasteiger partial charge in [0.15, 0.2) is 0 Å². The van der Waals surface area contributed by atoms with Crippen molar-refractivity contribution < 1.29 is 13.6 Å². The molecule has 9 heteroatoms. The molecular formula is C27H23FN6O2. The monoisotopic (exact) mass is 482 g/mol. The third-order valence-corrected chi connectivity index (χ3v) is 6.41. The summed E-state index contributed by atoms with van der Waals surface area (Å²) < 4.78 is 20.8. The van der Waals surface area contributed by atoms with Crippen molar-refractivity contribution in [3.8, 4) is 22.6 Å². The molecule has 36 heavy (non-hydrogen) atoms. The molecule has 1 saturated heterocycles. The molecule has 0 aliphatic carbocycles. The number of carbonyl (C=O) groups excluding carboxylic acids is 1. The molecule has 1 aliphatic rings. The smallest absolute Gasteiger partial charge is 0.306 e. The molecule has 4 heterocycles. The third kappa shape index (κ3) is 4.19. The molecule has 1 fully saturated rings. The van der Waals surface area contributed by atoms with Gasteiger partial charge in [-0.2, -0.15) is 4.98 Å². The summed E-state index contributed by atoms with van der Waals surface area (Å²) in [5.74, 6) is 0.676. The van der Waals surface area contributed by atoms with Gasteiger partial charge in [-0.3, -0.25) is 9.20 Å². The lowest BCUT2D eigenvalue weighted by molar-refractivity contribution is 0.0718.